The van der Waals surface area contributed by atoms with E-state index in [1.54, 1.807) is 6.07 Å². The molecule has 0 aliphatic carbocycles. The van der Waals surface area contributed by atoms with Crippen LogP contribution in [0.2, 0.25) is 0 Å². The van der Waals surface area contributed by atoms with Crippen molar-refractivity contribution in [2.24, 2.45) is 0 Å². The zero-order chi connectivity index (χ0) is 11.1. The molecular weight excluding hydrogens is 194 g/mol. The standard InChI is InChI=1S/C10H13N3O2/c1-2-5-15-9-3-4-12-10(13-9)8(6-11)7-14/h3-4,8,14H,2,5,7H2,1H3. The molecule has 0 saturated heterocycles. The van der Waals surface area contributed by atoms with Gasteiger partial charge in [-0.05, 0) is 6.42 Å². The number of nitriles is 1. The summed E-state index contributed by atoms with van der Waals surface area (Å²) in [6, 6.07) is 3.55. The van der Waals surface area contributed by atoms with Crippen LogP contribution < -0.4 is 4.74 Å². The smallest absolute Gasteiger partial charge is 0.216 e. The Morgan fingerprint density at radius 2 is 2.47 bits per heavy atom. The Hall–Kier alpha value is -1.67. The first kappa shape index (κ1) is 11.4. The molecule has 0 aliphatic rings. The Morgan fingerprint density at radius 1 is 1.67 bits per heavy atom. The second-order valence-corrected chi connectivity index (χ2v) is 2.97. The lowest BCUT2D eigenvalue weighted by Gasteiger charge is -2.06. The summed E-state index contributed by atoms with van der Waals surface area (Å²) in [4.78, 5) is 7.95. The van der Waals surface area contributed by atoms with Gasteiger partial charge in [0.1, 0.15) is 5.92 Å². The van der Waals surface area contributed by atoms with E-state index in [0.29, 0.717) is 18.3 Å². The average molecular weight is 207 g/mol. The van der Waals surface area contributed by atoms with Crippen molar-refractivity contribution in [3.8, 4) is 11.9 Å². The van der Waals surface area contributed by atoms with Crippen LogP contribution in [0.4, 0.5) is 0 Å². The molecule has 1 rings (SSSR count). The summed E-state index contributed by atoms with van der Waals surface area (Å²) in [5, 5.41) is 17.6. The minimum atomic E-state index is -0.685. The monoisotopic (exact) mass is 207 g/mol. The van der Waals surface area contributed by atoms with Gasteiger partial charge in [-0.25, -0.2) is 4.98 Å². The van der Waals surface area contributed by atoms with Crippen LogP contribution in [0.15, 0.2) is 12.3 Å². The molecule has 0 aromatic carbocycles. The summed E-state index contributed by atoms with van der Waals surface area (Å²) < 4.78 is 5.29. The number of aromatic nitrogens is 2. The third-order valence-electron chi connectivity index (χ3n) is 1.75. The minimum absolute atomic E-state index is 0.284. The van der Waals surface area contributed by atoms with Gasteiger partial charge in [-0.3, -0.25) is 0 Å². The fraction of sp³-hybridized carbons (Fsp3) is 0.500. The fourth-order valence-corrected chi connectivity index (χ4v) is 0.992. The molecule has 5 nitrogen and oxygen atoms in total. The highest BCUT2D eigenvalue weighted by atomic mass is 16.5. The molecule has 80 valence electrons. The van der Waals surface area contributed by atoms with Crippen molar-refractivity contribution in [3.63, 3.8) is 0 Å². The van der Waals surface area contributed by atoms with Crippen molar-refractivity contribution in [1.29, 1.82) is 5.26 Å². The van der Waals surface area contributed by atoms with Crippen molar-refractivity contribution in [2.75, 3.05) is 13.2 Å². The second kappa shape index (κ2) is 5.94. The Morgan fingerprint density at radius 3 is 3.07 bits per heavy atom. The van der Waals surface area contributed by atoms with Crippen LogP contribution in [0, 0.1) is 11.3 Å². The van der Waals surface area contributed by atoms with Gasteiger partial charge in [0.05, 0.1) is 19.3 Å². The predicted octanol–water partition coefficient (Wildman–Crippen LogP) is 0.865. The van der Waals surface area contributed by atoms with E-state index in [0.717, 1.165) is 6.42 Å². The van der Waals surface area contributed by atoms with Gasteiger partial charge >= 0.3 is 0 Å². The van der Waals surface area contributed by atoms with E-state index in [-0.39, 0.29) is 6.61 Å². The van der Waals surface area contributed by atoms with Crippen molar-refractivity contribution < 1.29 is 9.84 Å². The Labute approximate surface area is 88.4 Å². The summed E-state index contributed by atoms with van der Waals surface area (Å²) in [7, 11) is 0. The van der Waals surface area contributed by atoms with E-state index in [9.17, 15) is 0 Å². The van der Waals surface area contributed by atoms with E-state index < -0.39 is 5.92 Å². The van der Waals surface area contributed by atoms with Gasteiger partial charge in [0, 0.05) is 12.3 Å². The van der Waals surface area contributed by atoms with Crippen LogP contribution in [-0.4, -0.2) is 28.3 Å². The van der Waals surface area contributed by atoms with Crippen molar-refractivity contribution >= 4 is 0 Å². The number of hydrogen-bond acceptors (Lipinski definition) is 5. The van der Waals surface area contributed by atoms with Crippen molar-refractivity contribution in [1.82, 2.24) is 9.97 Å². The van der Waals surface area contributed by atoms with E-state index >= 15 is 0 Å². The van der Waals surface area contributed by atoms with Gasteiger partial charge < -0.3 is 9.84 Å². The van der Waals surface area contributed by atoms with E-state index in [2.05, 4.69) is 9.97 Å². The maximum Gasteiger partial charge on any atom is 0.216 e. The second-order valence-electron chi connectivity index (χ2n) is 2.97. The number of hydrogen-bond donors (Lipinski definition) is 1. The summed E-state index contributed by atoms with van der Waals surface area (Å²) >= 11 is 0. The van der Waals surface area contributed by atoms with Crippen LogP contribution in [0.25, 0.3) is 0 Å². The molecule has 0 radical (unpaired) electrons. The SMILES string of the molecule is CCCOc1ccnc(C(C#N)CO)n1. The van der Waals surface area contributed by atoms with Crippen molar-refractivity contribution in [2.45, 2.75) is 19.3 Å². The van der Waals surface area contributed by atoms with E-state index in [1.807, 2.05) is 13.0 Å². The number of rotatable bonds is 5. The highest BCUT2D eigenvalue weighted by Crippen LogP contribution is 2.12. The third-order valence-corrected chi connectivity index (χ3v) is 1.75. The van der Waals surface area contributed by atoms with E-state index in [4.69, 9.17) is 15.1 Å². The van der Waals surface area contributed by atoms with Crippen LogP contribution in [0.3, 0.4) is 0 Å². The average Bonchev–Trinajstić information content (AvgIpc) is 2.29. The molecule has 0 fully saturated rings. The molecule has 0 aliphatic heterocycles. The first-order chi connectivity index (χ1) is 7.31. The zero-order valence-electron chi connectivity index (χ0n) is 8.55. The molecule has 5 heteroatoms. The molecule has 0 amide bonds. The minimum Gasteiger partial charge on any atom is -0.478 e. The van der Waals surface area contributed by atoms with Gasteiger partial charge in [0.25, 0.3) is 0 Å². The Kier molecular flexibility index (Phi) is 4.51. The van der Waals surface area contributed by atoms with Gasteiger partial charge in [-0.2, -0.15) is 10.2 Å². The largest absolute Gasteiger partial charge is 0.478 e. The lowest BCUT2D eigenvalue weighted by Crippen LogP contribution is -2.08. The van der Waals surface area contributed by atoms with Gasteiger partial charge in [0.2, 0.25) is 5.88 Å². The number of ether oxygens (including phenoxy) is 1. The van der Waals surface area contributed by atoms with E-state index in [1.165, 1.54) is 6.20 Å². The topological polar surface area (TPSA) is 79.0 Å². The Bertz CT molecular complexity index is 349. The first-order valence-electron chi connectivity index (χ1n) is 4.78. The maximum atomic E-state index is 8.90. The molecule has 15 heavy (non-hydrogen) atoms. The molecule has 0 spiro atoms. The van der Waals surface area contributed by atoms with Crippen LogP contribution in [-0.2, 0) is 0 Å². The molecular formula is C10H13N3O2. The summed E-state index contributed by atoms with van der Waals surface area (Å²) in [6.07, 6.45) is 2.41. The van der Waals surface area contributed by atoms with Crippen LogP contribution in [0.5, 0.6) is 5.88 Å². The molecule has 1 aromatic heterocycles. The number of aliphatic hydroxyl groups excluding tert-OH is 1. The van der Waals surface area contributed by atoms with Gasteiger partial charge in [0.15, 0.2) is 5.82 Å². The lowest BCUT2D eigenvalue weighted by atomic mass is 10.2. The molecule has 1 unspecified atom stereocenters. The summed E-state index contributed by atoms with van der Waals surface area (Å²) in [5.41, 5.74) is 0. The quantitative estimate of drug-likeness (QED) is 0.774. The molecule has 0 bridgehead atoms. The lowest BCUT2D eigenvalue weighted by molar-refractivity contribution is 0.277. The molecule has 0 saturated carbocycles. The van der Waals surface area contributed by atoms with Crippen LogP contribution >= 0.6 is 0 Å². The summed E-state index contributed by atoms with van der Waals surface area (Å²) in [5.74, 6) is 0.0549. The number of nitrogens with zero attached hydrogens (tertiary/aromatic N) is 3. The van der Waals surface area contributed by atoms with Crippen molar-refractivity contribution in [3.05, 3.63) is 18.1 Å². The highest BCUT2D eigenvalue weighted by Gasteiger charge is 2.12. The van der Waals surface area contributed by atoms with Gasteiger partial charge in [-0.1, -0.05) is 6.92 Å². The fourth-order valence-electron chi connectivity index (χ4n) is 0.992. The maximum absolute atomic E-state index is 8.90. The molecule has 1 N–H and O–H groups in total. The predicted molar refractivity (Wildman–Crippen MR) is 53.3 cm³/mol. The molecule has 1 atom stereocenters. The molecule has 1 heterocycles. The van der Waals surface area contributed by atoms with Gasteiger partial charge in [-0.15, -0.1) is 0 Å². The normalized spacial score (nSPS) is 11.8. The molecule has 1 aromatic rings. The zero-order valence-corrected chi connectivity index (χ0v) is 8.55. The highest BCUT2D eigenvalue weighted by molar-refractivity contribution is 5.15. The number of aliphatic hydroxyl groups is 1. The summed E-state index contributed by atoms with van der Waals surface area (Å²) in [6.45, 7) is 2.29. The van der Waals surface area contributed by atoms with Crippen LogP contribution in [0.1, 0.15) is 25.1 Å². The first-order valence-corrected chi connectivity index (χ1v) is 4.78. The Balaban J connectivity index is 2.78. The third kappa shape index (κ3) is 3.18.